The molecule has 2 aliphatic rings. The first kappa shape index (κ1) is 22.7. The second-order valence-corrected chi connectivity index (χ2v) is 9.31. The van der Waals surface area contributed by atoms with Crippen molar-refractivity contribution in [1.82, 2.24) is 9.88 Å². The number of carbonyl (C=O) groups is 1. The van der Waals surface area contributed by atoms with Crippen molar-refractivity contribution in [2.45, 2.75) is 70.4 Å². The van der Waals surface area contributed by atoms with Crippen molar-refractivity contribution in [2.75, 3.05) is 20.2 Å². The van der Waals surface area contributed by atoms with Gasteiger partial charge in [0.2, 0.25) is 0 Å². The normalized spacial score (nSPS) is 22.8. The predicted molar refractivity (Wildman–Crippen MR) is 123 cm³/mol. The van der Waals surface area contributed by atoms with Crippen molar-refractivity contribution in [1.29, 1.82) is 0 Å². The molecule has 6 heteroatoms. The summed E-state index contributed by atoms with van der Waals surface area (Å²) < 4.78 is 18.2. The number of likely N-dealkylation sites (tertiary alicyclic amines) is 1. The molecular formula is C26H34N2O4. The second-order valence-electron chi connectivity index (χ2n) is 9.31. The van der Waals surface area contributed by atoms with E-state index in [0.717, 1.165) is 42.6 Å². The molecule has 1 aromatic carbocycles. The fraction of sp³-hybridized carbons (Fsp3) is 0.538. The number of aromatic nitrogens is 1. The van der Waals surface area contributed by atoms with E-state index in [1.54, 1.807) is 13.3 Å². The van der Waals surface area contributed by atoms with Gasteiger partial charge in [0.05, 0.1) is 23.9 Å². The monoisotopic (exact) mass is 438 g/mol. The zero-order valence-electron chi connectivity index (χ0n) is 19.5. The van der Waals surface area contributed by atoms with Gasteiger partial charge in [-0.1, -0.05) is 6.07 Å². The maximum absolute atomic E-state index is 13.2. The van der Waals surface area contributed by atoms with Crippen LogP contribution in [0.5, 0.6) is 5.75 Å². The molecule has 2 saturated heterocycles. The highest BCUT2D eigenvalue weighted by Crippen LogP contribution is 2.43. The molecule has 4 rings (SSSR count). The zero-order valence-corrected chi connectivity index (χ0v) is 19.5. The molecule has 0 aliphatic carbocycles. The summed E-state index contributed by atoms with van der Waals surface area (Å²) in [4.78, 5) is 19.4. The van der Waals surface area contributed by atoms with Gasteiger partial charge in [0.1, 0.15) is 5.75 Å². The number of nitrogens with zero attached hydrogens (tertiary/aromatic N) is 2. The Kier molecular flexibility index (Phi) is 6.82. The van der Waals surface area contributed by atoms with Gasteiger partial charge in [0.25, 0.3) is 5.91 Å². The summed E-state index contributed by atoms with van der Waals surface area (Å²) in [6.07, 6.45) is 7.20. The Bertz CT molecular complexity index is 923. The van der Waals surface area contributed by atoms with Gasteiger partial charge in [-0.05, 0) is 69.0 Å². The number of hydrogen-bond donors (Lipinski definition) is 0. The van der Waals surface area contributed by atoms with Crippen molar-refractivity contribution >= 4 is 5.91 Å². The fourth-order valence-corrected chi connectivity index (χ4v) is 4.88. The van der Waals surface area contributed by atoms with E-state index in [9.17, 15) is 4.79 Å². The molecule has 2 unspecified atom stereocenters. The van der Waals surface area contributed by atoms with Crippen LogP contribution in [0.4, 0.5) is 0 Å². The van der Waals surface area contributed by atoms with Gasteiger partial charge >= 0.3 is 0 Å². The molecule has 1 aromatic heterocycles. The Hall–Kier alpha value is -2.44. The quantitative estimate of drug-likeness (QED) is 0.676. The second kappa shape index (κ2) is 9.59. The minimum atomic E-state index is -0.263. The van der Waals surface area contributed by atoms with Crippen LogP contribution in [0.2, 0.25) is 0 Å². The van der Waals surface area contributed by atoms with Crippen LogP contribution in [0.1, 0.15) is 67.1 Å². The maximum Gasteiger partial charge on any atom is 0.253 e. The first-order valence-electron chi connectivity index (χ1n) is 11.6. The van der Waals surface area contributed by atoms with Crippen LogP contribution < -0.4 is 4.74 Å². The lowest BCUT2D eigenvalue weighted by Crippen LogP contribution is -2.52. The number of rotatable bonds is 5. The number of pyridine rings is 1. The van der Waals surface area contributed by atoms with Crippen LogP contribution in [0, 0.1) is 6.92 Å². The van der Waals surface area contributed by atoms with E-state index in [-0.39, 0.29) is 29.8 Å². The standard InChI is InChI=1S/C26H34N2O4/c1-18(2)31-23-8-7-20(14-19(23)3)25(29)28-12-9-26(10-13-28)16-22(30-4)15-24(32-26)21-6-5-11-27-17-21/h5-8,11,14,17-18,22,24H,9-10,12-13,15-16H2,1-4H3. The number of hydrogen-bond acceptors (Lipinski definition) is 5. The molecule has 2 atom stereocenters. The highest BCUT2D eigenvalue weighted by atomic mass is 16.5. The van der Waals surface area contributed by atoms with E-state index in [0.29, 0.717) is 18.7 Å². The summed E-state index contributed by atoms with van der Waals surface area (Å²) in [5, 5.41) is 0. The molecule has 0 N–H and O–H groups in total. The third kappa shape index (κ3) is 4.97. The molecule has 172 valence electrons. The van der Waals surface area contributed by atoms with Crippen LogP contribution in [0.3, 0.4) is 0 Å². The Morgan fingerprint density at radius 2 is 2.03 bits per heavy atom. The SMILES string of the molecule is COC1CC(c2cccnc2)OC2(CCN(C(=O)c3ccc(OC(C)C)c(C)c3)CC2)C1. The van der Waals surface area contributed by atoms with Crippen LogP contribution in [0.15, 0.2) is 42.7 Å². The molecule has 2 fully saturated rings. The van der Waals surface area contributed by atoms with E-state index < -0.39 is 0 Å². The fourth-order valence-electron chi connectivity index (χ4n) is 4.88. The molecule has 0 saturated carbocycles. The average Bonchev–Trinajstić information content (AvgIpc) is 2.80. The first-order chi connectivity index (χ1) is 15.4. The molecule has 2 aliphatic heterocycles. The average molecular weight is 439 g/mol. The summed E-state index contributed by atoms with van der Waals surface area (Å²) in [5.41, 5.74) is 2.52. The first-order valence-corrected chi connectivity index (χ1v) is 11.6. The molecular weight excluding hydrogens is 404 g/mol. The number of aryl methyl sites for hydroxylation is 1. The number of amides is 1. The Balaban J connectivity index is 1.43. The van der Waals surface area contributed by atoms with Gasteiger partial charge in [0, 0.05) is 51.0 Å². The van der Waals surface area contributed by atoms with Gasteiger partial charge < -0.3 is 19.1 Å². The molecule has 0 radical (unpaired) electrons. The zero-order chi connectivity index (χ0) is 22.7. The van der Waals surface area contributed by atoms with E-state index in [2.05, 4.69) is 11.1 Å². The van der Waals surface area contributed by atoms with E-state index >= 15 is 0 Å². The van der Waals surface area contributed by atoms with Crippen LogP contribution in [0.25, 0.3) is 0 Å². The molecule has 1 spiro atoms. The van der Waals surface area contributed by atoms with Crippen molar-refractivity contribution in [3.8, 4) is 5.75 Å². The van der Waals surface area contributed by atoms with Gasteiger partial charge in [0.15, 0.2) is 0 Å². The smallest absolute Gasteiger partial charge is 0.253 e. The van der Waals surface area contributed by atoms with Gasteiger partial charge in [-0.2, -0.15) is 0 Å². The third-order valence-electron chi connectivity index (χ3n) is 6.60. The van der Waals surface area contributed by atoms with Crippen molar-refractivity contribution in [3.63, 3.8) is 0 Å². The molecule has 0 bridgehead atoms. The van der Waals surface area contributed by atoms with Crippen LogP contribution in [-0.4, -0.2) is 53.8 Å². The molecule has 1 amide bonds. The number of piperidine rings is 1. The Labute approximate surface area is 190 Å². The summed E-state index contributed by atoms with van der Waals surface area (Å²) in [5.74, 6) is 0.902. The lowest BCUT2D eigenvalue weighted by Gasteiger charge is -2.48. The Morgan fingerprint density at radius 1 is 1.25 bits per heavy atom. The minimum absolute atomic E-state index is 0.0270. The van der Waals surface area contributed by atoms with Gasteiger partial charge in [-0.3, -0.25) is 9.78 Å². The molecule has 2 aromatic rings. The Morgan fingerprint density at radius 3 is 2.66 bits per heavy atom. The van der Waals surface area contributed by atoms with E-state index in [1.165, 1.54) is 0 Å². The van der Waals surface area contributed by atoms with Crippen molar-refractivity contribution in [3.05, 3.63) is 59.4 Å². The summed E-state index contributed by atoms with van der Waals surface area (Å²) in [6, 6.07) is 9.72. The number of methoxy groups -OCH3 is 1. The van der Waals surface area contributed by atoms with Crippen LogP contribution >= 0.6 is 0 Å². The third-order valence-corrected chi connectivity index (χ3v) is 6.60. The van der Waals surface area contributed by atoms with E-state index in [4.69, 9.17) is 14.2 Å². The highest BCUT2D eigenvalue weighted by Gasteiger charge is 2.45. The molecule has 6 nitrogen and oxygen atoms in total. The van der Waals surface area contributed by atoms with Gasteiger partial charge in [-0.25, -0.2) is 0 Å². The minimum Gasteiger partial charge on any atom is -0.491 e. The summed E-state index contributed by atoms with van der Waals surface area (Å²) in [6.45, 7) is 7.35. The summed E-state index contributed by atoms with van der Waals surface area (Å²) >= 11 is 0. The van der Waals surface area contributed by atoms with Gasteiger partial charge in [-0.15, -0.1) is 0 Å². The van der Waals surface area contributed by atoms with Crippen molar-refractivity contribution in [2.24, 2.45) is 0 Å². The van der Waals surface area contributed by atoms with Crippen molar-refractivity contribution < 1.29 is 19.0 Å². The molecule has 3 heterocycles. The lowest BCUT2D eigenvalue weighted by atomic mass is 9.81. The molecule has 32 heavy (non-hydrogen) atoms. The largest absolute Gasteiger partial charge is 0.491 e. The van der Waals surface area contributed by atoms with E-state index in [1.807, 2.05) is 56.1 Å². The topological polar surface area (TPSA) is 60.9 Å². The summed E-state index contributed by atoms with van der Waals surface area (Å²) in [7, 11) is 1.78. The van der Waals surface area contributed by atoms with Crippen LogP contribution in [-0.2, 0) is 9.47 Å². The number of ether oxygens (including phenoxy) is 3. The maximum atomic E-state index is 13.2. The lowest BCUT2D eigenvalue weighted by molar-refractivity contribution is -0.186. The highest BCUT2D eigenvalue weighted by molar-refractivity contribution is 5.94. The number of carbonyl (C=O) groups excluding carboxylic acids is 1. The number of benzene rings is 1. The predicted octanol–water partition coefficient (Wildman–Crippen LogP) is 4.72.